The number of fused-ring (bicyclic) bond motifs is 1. The highest BCUT2D eigenvalue weighted by molar-refractivity contribution is 7.09. The monoisotopic (exact) mass is 462 g/mol. The molecule has 0 unspecified atom stereocenters. The number of nitrogens with zero attached hydrogens (tertiary/aromatic N) is 5. The first-order chi connectivity index (χ1) is 16.1. The number of hydrogen-bond acceptors (Lipinski definition) is 6. The molecule has 0 aliphatic heterocycles. The van der Waals surface area contributed by atoms with Crippen LogP contribution in [0.2, 0.25) is 0 Å². The summed E-state index contributed by atoms with van der Waals surface area (Å²) >= 11 is 1.73. The van der Waals surface area contributed by atoms with E-state index in [4.69, 9.17) is 0 Å². The molecule has 1 aliphatic rings. The van der Waals surface area contributed by atoms with E-state index >= 15 is 0 Å². The second-order valence-electron chi connectivity index (χ2n) is 9.23. The Hall–Kier alpha value is -2.84. The number of aromatic amines is 1. The minimum Gasteiger partial charge on any atom is -0.321 e. The van der Waals surface area contributed by atoms with E-state index in [9.17, 15) is 4.79 Å². The van der Waals surface area contributed by atoms with Crippen LogP contribution in [0.25, 0.3) is 10.9 Å². The van der Waals surface area contributed by atoms with Crippen molar-refractivity contribution in [3.8, 4) is 0 Å². The topological polar surface area (TPSA) is 79.7 Å². The fourth-order valence-electron chi connectivity index (χ4n) is 5.01. The van der Waals surface area contributed by atoms with Crippen molar-refractivity contribution in [2.24, 2.45) is 0 Å². The lowest BCUT2D eigenvalue weighted by Crippen LogP contribution is -2.28. The Morgan fingerprint density at radius 1 is 1.12 bits per heavy atom. The predicted octanol–water partition coefficient (Wildman–Crippen LogP) is 4.90. The molecule has 0 atom stereocenters. The van der Waals surface area contributed by atoms with Gasteiger partial charge in [0.15, 0.2) is 5.82 Å². The third-order valence-corrected chi connectivity index (χ3v) is 7.43. The van der Waals surface area contributed by atoms with Gasteiger partial charge in [-0.25, -0.2) is 4.68 Å². The van der Waals surface area contributed by atoms with Crippen molar-refractivity contribution in [3.05, 3.63) is 73.5 Å². The highest BCUT2D eigenvalue weighted by Gasteiger charge is 2.22. The Balaban J connectivity index is 1.45. The Morgan fingerprint density at radius 2 is 1.97 bits per heavy atom. The van der Waals surface area contributed by atoms with Crippen molar-refractivity contribution >= 4 is 22.2 Å². The van der Waals surface area contributed by atoms with Crippen LogP contribution in [-0.2, 0) is 19.6 Å². The van der Waals surface area contributed by atoms with E-state index < -0.39 is 0 Å². The van der Waals surface area contributed by atoms with Gasteiger partial charge >= 0.3 is 0 Å². The molecule has 0 saturated heterocycles. The quantitative estimate of drug-likeness (QED) is 0.423. The Bertz CT molecular complexity index is 1290. The second kappa shape index (κ2) is 9.57. The van der Waals surface area contributed by atoms with Gasteiger partial charge in [-0.2, -0.15) is 0 Å². The SMILES string of the molecule is Cc1cc(C)c2[nH]c(=O)c(CN(Cc3cccs3)Cc3nnnn3C3CCCCC3)cc2c1. The summed E-state index contributed by atoms with van der Waals surface area (Å²) < 4.78 is 2.03. The number of benzene rings is 1. The van der Waals surface area contributed by atoms with Gasteiger partial charge in [0, 0.05) is 23.5 Å². The van der Waals surface area contributed by atoms with E-state index in [1.807, 2.05) is 17.7 Å². The molecule has 7 nitrogen and oxygen atoms in total. The molecule has 0 spiro atoms. The van der Waals surface area contributed by atoms with Crippen molar-refractivity contribution in [2.45, 2.75) is 71.6 Å². The van der Waals surface area contributed by atoms with Crippen molar-refractivity contribution in [3.63, 3.8) is 0 Å². The van der Waals surface area contributed by atoms with E-state index in [2.05, 4.69) is 62.0 Å². The maximum atomic E-state index is 13.0. The van der Waals surface area contributed by atoms with Crippen molar-refractivity contribution in [1.82, 2.24) is 30.1 Å². The molecule has 1 fully saturated rings. The molecule has 172 valence electrons. The van der Waals surface area contributed by atoms with Crippen molar-refractivity contribution < 1.29 is 0 Å². The molecule has 0 radical (unpaired) electrons. The van der Waals surface area contributed by atoms with Crippen LogP contribution in [0.4, 0.5) is 0 Å². The molecule has 0 amide bonds. The first-order valence-corrected chi connectivity index (χ1v) is 12.6. The molecule has 0 bridgehead atoms. The van der Waals surface area contributed by atoms with Gasteiger partial charge in [0.05, 0.1) is 18.1 Å². The Labute approximate surface area is 197 Å². The zero-order chi connectivity index (χ0) is 22.8. The van der Waals surface area contributed by atoms with Crippen LogP contribution in [-0.4, -0.2) is 30.1 Å². The van der Waals surface area contributed by atoms with Gasteiger partial charge in [0.2, 0.25) is 0 Å². The van der Waals surface area contributed by atoms with Crippen LogP contribution in [0, 0.1) is 13.8 Å². The van der Waals surface area contributed by atoms with Crippen LogP contribution in [0.3, 0.4) is 0 Å². The maximum Gasteiger partial charge on any atom is 0.252 e. The van der Waals surface area contributed by atoms with Crippen molar-refractivity contribution in [2.75, 3.05) is 0 Å². The average Bonchev–Trinajstić information content (AvgIpc) is 3.48. The molecule has 1 saturated carbocycles. The summed E-state index contributed by atoms with van der Waals surface area (Å²) in [6.45, 7) is 6.02. The van der Waals surface area contributed by atoms with Gasteiger partial charge in [-0.05, 0) is 71.6 Å². The van der Waals surface area contributed by atoms with E-state index in [1.54, 1.807) is 11.3 Å². The highest BCUT2D eigenvalue weighted by atomic mass is 32.1. The molecule has 5 rings (SSSR count). The lowest BCUT2D eigenvalue weighted by molar-refractivity contribution is 0.227. The Morgan fingerprint density at radius 3 is 2.76 bits per heavy atom. The number of H-pyrrole nitrogens is 1. The summed E-state index contributed by atoms with van der Waals surface area (Å²) in [5.41, 5.74) is 3.94. The van der Waals surface area contributed by atoms with Crippen LogP contribution < -0.4 is 5.56 Å². The normalized spacial score (nSPS) is 15.0. The van der Waals surface area contributed by atoms with Crippen molar-refractivity contribution in [1.29, 1.82) is 0 Å². The van der Waals surface area contributed by atoms with E-state index in [0.717, 1.165) is 47.2 Å². The summed E-state index contributed by atoms with van der Waals surface area (Å²) in [6, 6.07) is 10.9. The third kappa shape index (κ3) is 4.91. The lowest BCUT2D eigenvalue weighted by atomic mass is 9.95. The number of tetrazole rings is 1. The van der Waals surface area contributed by atoms with Crippen LogP contribution in [0.1, 0.15) is 65.5 Å². The number of hydrogen-bond donors (Lipinski definition) is 1. The smallest absolute Gasteiger partial charge is 0.252 e. The number of nitrogens with one attached hydrogen (secondary N) is 1. The predicted molar refractivity (Wildman–Crippen MR) is 131 cm³/mol. The van der Waals surface area contributed by atoms with Gasteiger partial charge in [-0.15, -0.1) is 16.4 Å². The number of aromatic nitrogens is 5. The minimum atomic E-state index is -0.0301. The zero-order valence-electron chi connectivity index (χ0n) is 19.3. The van der Waals surface area contributed by atoms with Crippen LogP contribution >= 0.6 is 11.3 Å². The van der Waals surface area contributed by atoms with Gasteiger partial charge in [0.1, 0.15) is 0 Å². The summed E-state index contributed by atoms with van der Waals surface area (Å²) in [7, 11) is 0. The van der Waals surface area contributed by atoms with Crippen LogP contribution in [0.15, 0.2) is 40.5 Å². The molecule has 1 aromatic carbocycles. The minimum absolute atomic E-state index is 0.0301. The molecule has 33 heavy (non-hydrogen) atoms. The second-order valence-corrected chi connectivity index (χ2v) is 10.3. The molecule has 8 heteroatoms. The summed E-state index contributed by atoms with van der Waals surface area (Å²) in [5, 5.41) is 15.9. The van der Waals surface area contributed by atoms with E-state index in [0.29, 0.717) is 19.1 Å². The maximum absolute atomic E-state index is 13.0. The van der Waals surface area contributed by atoms with Gasteiger partial charge < -0.3 is 4.98 Å². The zero-order valence-corrected chi connectivity index (χ0v) is 20.1. The molecule has 4 aromatic rings. The summed E-state index contributed by atoms with van der Waals surface area (Å²) in [6.07, 6.45) is 6.02. The van der Waals surface area contributed by atoms with E-state index in [-0.39, 0.29) is 5.56 Å². The van der Waals surface area contributed by atoms with Gasteiger partial charge in [0.25, 0.3) is 5.56 Å². The summed E-state index contributed by atoms with van der Waals surface area (Å²) in [4.78, 5) is 19.6. The first-order valence-electron chi connectivity index (χ1n) is 11.7. The largest absolute Gasteiger partial charge is 0.321 e. The Kier molecular flexibility index (Phi) is 6.37. The molecule has 3 heterocycles. The number of pyridine rings is 1. The first kappa shape index (κ1) is 22.0. The fraction of sp³-hybridized carbons (Fsp3) is 0.440. The molecule has 1 aliphatic carbocycles. The lowest BCUT2D eigenvalue weighted by Gasteiger charge is -2.25. The van der Waals surface area contributed by atoms with Crippen LogP contribution in [0.5, 0.6) is 0 Å². The molecule has 1 N–H and O–H groups in total. The fourth-order valence-corrected chi connectivity index (χ4v) is 5.75. The standard InChI is InChI=1S/C25H30N6OS/c1-17-11-18(2)24-19(12-17)13-20(25(32)26-24)14-30(15-22-9-6-10-33-22)16-23-27-28-29-31(23)21-7-4-3-5-8-21/h6,9-13,21H,3-5,7-8,14-16H2,1-2H3,(H,26,32). The van der Waals surface area contributed by atoms with Gasteiger partial charge in [-0.3, -0.25) is 9.69 Å². The molecular formula is C25H30N6OS. The number of thiophene rings is 1. The third-order valence-electron chi connectivity index (χ3n) is 6.57. The average molecular weight is 463 g/mol. The highest BCUT2D eigenvalue weighted by Crippen LogP contribution is 2.28. The summed E-state index contributed by atoms with van der Waals surface area (Å²) in [5.74, 6) is 0.877. The molecule has 3 aromatic heterocycles. The van der Waals surface area contributed by atoms with Gasteiger partial charge in [-0.1, -0.05) is 37.0 Å². The number of aryl methyl sites for hydroxylation is 2. The van der Waals surface area contributed by atoms with E-state index in [1.165, 1.54) is 29.7 Å². The molecular weight excluding hydrogens is 432 g/mol. The number of rotatable bonds is 7.